The Balaban J connectivity index is 2.66. The molecule has 3 nitrogen and oxygen atoms in total. The van der Waals surface area contributed by atoms with Crippen molar-refractivity contribution in [3.63, 3.8) is 0 Å². The average Bonchev–Trinajstić information content (AvgIpc) is 2.48. The Labute approximate surface area is 83.0 Å². The maximum absolute atomic E-state index is 5.80. The van der Waals surface area contributed by atoms with Crippen LogP contribution in [0.1, 0.15) is 11.3 Å². The van der Waals surface area contributed by atoms with Crippen LogP contribution in [-0.4, -0.2) is 10.2 Å². The number of nitrogens with one attached hydrogen (secondary N) is 1. The van der Waals surface area contributed by atoms with Crippen LogP contribution in [0.2, 0.25) is 0 Å². The second kappa shape index (κ2) is 3.18. The number of aromatic nitrogens is 2. The molecule has 3 N–H and O–H groups in total. The summed E-state index contributed by atoms with van der Waals surface area (Å²) in [5, 5.41) is 6.87. The van der Waals surface area contributed by atoms with Gasteiger partial charge in [0, 0.05) is 11.3 Å². The normalized spacial score (nSPS) is 10.4. The number of nitrogens with two attached hydrogens (primary N) is 1. The molecule has 0 bridgehead atoms. The zero-order valence-electron chi connectivity index (χ0n) is 8.33. The van der Waals surface area contributed by atoms with Crippen LogP contribution in [0.25, 0.3) is 11.1 Å². The third-order valence-electron chi connectivity index (χ3n) is 2.39. The SMILES string of the molecule is Cc1ccccc1-c1c(N)n[nH]c1C. The topological polar surface area (TPSA) is 54.7 Å². The summed E-state index contributed by atoms with van der Waals surface area (Å²) in [7, 11) is 0. The molecule has 0 unspecified atom stereocenters. The number of H-pyrrole nitrogens is 1. The highest BCUT2D eigenvalue weighted by molar-refractivity contribution is 5.78. The van der Waals surface area contributed by atoms with Crippen molar-refractivity contribution < 1.29 is 0 Å². The zero-order valence-corrected chi connectivity index (χ0v) is 8.33. The van der Waals surface area contributed by atoms with Crippen molar-refractivity contribution in [2.45, 2.75) is 13.8 Å². The summed E-state index contributed by atoms with van der Waals surface area (Å²) in [6.07, 6.45) is 0. The minimum absolute atomic E-state index is 0.566. The van der Waals surface area contributed by atoms with Crippen LogP contribution in [0, 0.1) is 13.8 Å². The first-order valence-corrected chi connectivity index (χ1v) is 4.56. The number of benzene rings is 1. The molecule has 0 amide bonds. The lowest BCUT2D eigenvalue weighted by atomic mass is 10.0. The lowest BCUT2D eigenvalue weighted by Gasteiger charge is -2.04. The van der Waals surface area contributed by atoms with E-state index in [-0.39, 0.29) is 0 Å². The Hall–Kier alpha value is -1.77. The Morgan fingerprint density at radius 1 is 1.21 bits per heavy atom. The third kappa shape index (κ3) is 1.27. The van der Waals surface area contributed by atoms with Gasteiger partial charge >= 0.3 is 0 Å². The van der Waals surface area contributed by atoms with Gasteiger partial charge < -0.3 is 5.73 Å². The maximum atomic E-state index is 5.80. The highest BCUT2D eigenvalue weighted by Gasteiger charge is 2.10. The number of aromatic amines is 1. The van der Waals surface area contributed by atoms with Crippen molar-refractivity contribution in [1.82, 2.24) is 10.2 Å². The molecule has 2 aromatic rings. The second-order valence-electron chi connectivity index (χ2n) is 3.42. The van der Waals surface area contributed by atoms with Crippen molar-refractivity contribution in [3.05, 3.63) is 35.5 Å². The molecule has 0 aliphatic rings. The molecule has 3 heteroatoms. The van der Waals surface area contributed by atoms with Gasteiger partial charge in [-0.2, -0.15) is 5.10 Å². The first-order valence-electron chi connectivity index (χ1n) is 4.56. The maximum Gasteiger partial charge on any atom is 0.153 e. The molecule has 0 saturated carbocycles. The number of nitrogen functional groups attached to an aromatic ring is 1. The van der Waals surface area contributed by atoms with E-state index in [0.717, 1.165) is 16.8 Å². The van der Waals surface area contributed by atoms with Gasteiger partial charge in [-0.3, -0.25) is 5.10 Å². The van der Waals surface area contributed by atoms with Crippen LogP contribution in [0.4, 0.5) is 5.82 Å². The number of nitrogens with zero attached hydrogens (tertiary/aromatic N) is 1. The Bertz CT molecular complexity index is 438. The van der Waals surface area contributed by atoms with E-state index in [1.165, 1.54) is 5.56 Å². The molecule has 1 heterocycles. The van der Waals surface area contributed by atoms with E-state index in [0.29, 0.717) is 5.82 Å². The van der Waals surface area contributed by atoms with E-state index >= 15 is 0 Å². The number of hydrogen-bond acceptors (Lipinski definition) is 2. The summed E-state index contributed by atoms with van der Waals surface area (Å²) in [6.45, 7) is 4.05. The lowest BCUT2D eigenvalue weighted by molar-refractivity contribution is 1.05. The summed E-state index contributed by atoms with van der Waals surface area (Å²) in [5.41, 5.74) is 10.2. The fourth-order valence-corrected chi connectivity index (χ4v) is 1.64. The highest BCUT2D eigenvalue weighted by Crippen LogP contribution is 2.29. The molecule has 0 radical (unpaired) electrons. The molecule has 1 aromatic heterocycles. The summed E-state index contributed by atoms with van der Waals surface area (Å²) >= 11 is 0. The van der Waals surface area contributed by atoms with E-state index in [1.54, 1.807) is 0 Å². The molecule has 1 aromatic carbocycles. The fraction of sp³-hybridized carbons (Fsp3) is 0.182. The third-order valence-corrected chi connectivity index (χ3v) is 2.39. The quantitative estimate of drug-likeness (QED) is 0.719. The second-order valence-corrected chi connectivity index (χ2v) is 3.42. The minimum Gasteiger partial charge on any atom is -0.382 e. The molecule has 0 aliphatic heterocycles. The Morgan fingerprint density at radius 2 is 1.93 bits per heavy atom. The molecule has 0 saturated heterocycles. The van der Waals surface area contributed by atoms with E-state index in [9.17, 15) is 0 Å². The van der Waals surface area contributed by atoms with Crippen LogP contribution >= 0.6 is 0 Å². The van der Waals surface area contributed by atoms with Crippen molar-refractivity contribution >= 4 is 5.82 Å². The molecule has 14 heavy (non-hydrogen) atoms. The molecule has 0 aliphatic carbocycles. The van der Waals surface area contributed by atoms with Crippen molar-refractivity contribution in [1.29, 1.82) is 0 Å². The van der Waals surface area contributed by atoms with Crippen molar-refractivity contribution in [2.75, 3.05) is 5.73 Å². The van der Waals surface area contributed by atoms with Crippen molar-refractivity contribution in [2.24, 2.45) is 0 Å². The van der Waals surface area contributed by atoms with Gasteiger partial charge in [0.15, 0.2) is 5.82 Å². The van der Waals surface area contributed by atoms with E-state index in [4.69, 9.17) is 5.73 Å². The van der Waals surface area contributed by atoms with Gasteiger partial charge in [-0.15, -0.1) is 0 Å². The van der Waals surface area contributed by atoms with Crippen LogP contribution in [0.15, 0.2) is 24.3 Å². The zero-order chi connectivity index (χ0) is 10.1. The minimum atomic E-state index is 0.566. The molecule has 0 atom stereocenters. The van der Waals surface area contributed by atoms with Gasteiger partial charge in [0.2, 0.25) is 0 Å². The number of aryl methyl sites for hydroxylation is 2. The van der Waals surface area contributed by atoms with Crippen LogP contribution in [-0.2, 0) is 0 Å². The van der Waals surface area contributed by atoms with Gasteiger partial charge in [0.1, 0.15) is 0 Å². The number of anilines is 1. The predicted octanol–water partition coefficient (Wildman–Crippen LogP) is 2.28. The summed E-state index contributed by atoms with van der Waals surface area (Å²) in [6, 6.07) is 8.16. The highest BCUT2D eigenvalue weighted by atomic mass is 15.2. The van der Waals surface area contributed by atoms with Crippen LogP contribution in [0.5, 0.6) is 0 Å². The molecule has 0 fully saturated rings. The Morgan fingerprint density at radius 3 is 2.50 bits per heavy atom. The first-order chi connectivity index (χ1) is 6.70. The lowest BCUT2D eigenvalue weighted by Crippen LogP contribution is -1.90. The monoisotopic (exact) mass is 187 g/mol. The number of hydrogen-bond donors (Lipinski definition) is 2. The number of rotatable bonds is 1. The summed E-state index contributed by atoms with van der Waals surface area (Å²) < 4.78 is 0. The average molecular weight is 187 g/mol. The van der Waals surface area contributed by atoms with Gasteiger partial charge in [-0.1, -0.05) is 24.3 Å². The van der Waals surface area contributed by atoms with Gasteiger partial charge in [-0.05, 0) is 25.0 Å². The molecule has 2 rings (SSSR count). The molecular formula is C11H13N3. The molecule has 0 spiro atoms. The van der Waals surface area contributed by atoms with Gasteiger partial charge in [-0.25, -0.2) is 0 Å². The van der Waals surface area contributed by atoms with E-state index in [1.807, 2.05) is 19.1 Å². The Kier molecular flexibility index (Phi) is 2.00. The fourth-order valence-electron chi connectivity index (χ4n) is 1.64. The van der Waals surface area contributed by atoms with Crippen LogP contribution < -0.4 is 5.73 Å². The van der Waals surface area contributed by atoms with E-state index < -0.39 is 0 Å². The summed E-state index contributed by atoms with van der Waals surface area (Å²) in [5.74, 6) is 0.566. The molecule has 72 valence electrons. The van der Waals surface area contributed by atoms with Gasteiger partial charge in [0.25, 0.3) is 0 Å². The largest absolute Gasteiger partial charge is 0.382 e. The summed E-state index contributed by atoms with van der Waals surface area (Å²) in [4.78, 5) is 0. The molecular weight excluding hydrogens is 174 g/mol. The smallest absolute Gasteiger partial charge is 0.153 e. The van der Waals surface area contributed by atoms with Gasteiger partial charge in [0.05, 0.1) is 0 Å². The standard InChI is InChI=1S/C11H13N3/c1-7-5-3-4-6-9(7)10-8(2)13-14-11(10)12/h3-6H,1-2H3,(H3,12,13,14). The van der Waals surface area contributed by atoms with Crippen molar-refractivity contribution in [3.8, 4) is 11.1 Å². The first kappa shape index (κ1) is 8.81. The van der Waals surface area contributed by atoms with E-state index in [2.05, 4.69) is 29.3 Å². The van der Waals surface area contributed by atoms with Crippen LogP contribution in [0.3, 0.4) is 0 Å². The predicted molar refractivity (Wildman–Crippen MR) is 57.9 cm³/mol.